The van der Waals surface area contributed by atoms with Crippen LogP contribution in [-0.2, 0) is 16.2 Å². The molecule has 1 heterocycles. The molecule has 0 unspecified atom stereocenters. The first-order chi connectivity index (χ1) is 20.4. The number of hydrogen-bond acceptors (Lipinski definition) is 6. The van der Waals surface area contributed by atoms with E-state index in [-0.39, 0.29) is 5.57 Å². The number of benzene rings is 4. The van der Waals surface area contributed by atoms with Gasteiger partial charge < -0.3 is 14.2 Å². The van der Waals surface area contributed by atoms with Gasteiger partial charge in [0, 0.05) is 5.56 Å². The molecule has 0 atom stereocenters. The van der Waals surface area contributed by atoms with E-state index in [0.29, 0.717) is 41.7 Å². The lowest BCUT2D eigenvalue weighted by atomic mass is 10.0. The highest BCUT2D eigenvalue weighted by atomic mass is 16.5. The number of carbonyl (C=O) groups is 3. The summed E-state index contributed by atoms with van der Waals surface area (Å²) in [6.07, 6.45) is 3.36. The number of imide groups is 2. The van der Waals surface area contributed by atoms with Crippen molar-refractivity contribution < 1.29 is 28.6 Å². The van der Waals surface area contributed by atoms with Gasteiger partial charge in [0.25, 0.3) is 11.8 Å². The normalized spacial score (nSPS) is 14.3. The summed E-state index contributed by atoms with van der Waals surface area (Å²) in [5.41, 5.74) is 2.88. The van der Waals surface area contributed by atoms with Gasteiger partial charge in [-0.15, -0.1) is 0 Å². The molecule has 8 nitrogen and oxygen atoms in total. The highest BCUT2D eigenvalue weighted by Gasteiger charge is 2.36. The van der Waals surface area contributed by atoms with Crippen LogP contribution in [0.3, 0.4) is 0 Å². The minimum absolute atomic E-state index is 0.181. The van der Waals surface area contributed by atoms with Crippen molar-refractivity contribution in [3.63, 3.8) is 0 Å². The van der Waals surface area contributed by atoms with Crippen LogP contribution in [0.2, 0.25) is 0 Å². The third-order valence-corrected chi connectivity index (χ3v) is 7.11. The molecule has 4 aromatic rings. The summed E-state index contributed by atoms with van der Waals surface area (Å²) in [7, 11) is 1.52. The number of barbiturate groups is 1. The lowest BCUT2D eigenvalue weighted by Crippen LogP contribution is -2.54. The number of hydrogen-bond donors (Lipinski definition) is 1. The Bertz CT molecular complexity index is 1680. The third kappa shape index (κ3) is 5.98. The largest absolute Gasteiger partial charge is 0.494 e. The van der Waals surface area contributed by atoms with Gasteiger partial charge in [-0.3, -0.25) is 14.9 Å². The molecule has 8 heteroatoms. The lowest BCUT2D eigenvalue weighted by Gasteiger charge is -2.26. The molecule has 42 heavy (non-hydrogen) atoms. The zero-order valence-corrected chi connectivity index (χ0v) is 23.8. The molecule has 5 rings (SSSR count). The van der Waals surface area contributed by atoms with Crippen LogP contribution in [-0.4, -0.2) is 31.6 Å². The van der Waals surface area contributed by atoms with Crippen LogP contribution in [0.1, 0.15) is 36.5 Å². The summed E-state index contributed by atoms with van der Waals surface area (Å²) in [6.45, 7) is 5.04. The van der Waals surface area contributed by atoms with Gasteiger partial charge in [0.2, 0.25) is 0 Å². The standard InChI is InChI=1S/C34H32N2O6/c1-4-5-18-41-26-15-13-25(14-16-26)36-33(38)28(32(37)35-34(36)39)19-23-11-17-30(31(20-23)40-3)42-21-29-22(2)10-12-24-8-6-7-9-27(24)29/h6-17,19-20H,4-5,18,21H2,1-3H3,(H,35,37,39)/b28-19-. The minimum Gasteiger partial charge on any atom is -0.494 e. The Kier molecular flexibility index (Phi) is 8.52. The van der Waals surface area contributed by atoms with Gasteiger partial charge in [-0.05, 0) is 77.7 Å². The number of urea groups is 1. The Balaban J connectivity index is 1.36. The number of ether oxygens (including phenoxy) is 3. The smallest absolute Gasteiger partial charge is 0.335 e. The van der Waals surface area contributed by atoms with Crippen molar-refractivity contribution in [2.45, 2.75) is 33.3 Å². The van der Waals surface area contributed by atoms with Crippen molar-refractivity contribution in [3.05, 3.63) is 101 Å². The lowest BCUT2D eigenvalue weighted by molar-refractivity contribution is -0.122. The molecule has 0 aliphatic carbocycles. The second kappa shape index (κ2) is 12.6. The van der Waals surface area contributed by atoms with Gasteiger partial charge in [0.05, 0.1) is 19.4 Å². The van der Waals surface area contributed by atoms with Crippen molar-refractivity contribution in [1.82, 2.24) is 5.32 Å². The SMILES string of the molecule is CCCCOc1ccc(N2C(=O)NC(=O)/C(=C/c3ccc(OCc4c(C)ccc5ccccc45)c(OC)c3)C2=O)cc1. The molecular formula is C34H32N2O6. The summed E-state index contributed by atoms with van der Waals surface area (Å²) in [6, 6.07) is 23.2. The van der Waals surface area contributed by atoms with Crippen LogP contribution in [0.25, 0.3) is 16.8 Å². The van der Waals surface area contributed by atoms with E-state index < -0.39 is 17.8 Å². The Morgan fingerprint density at radius 3 is 2.43 bits per heavy atom. The first-order valence-electron chi connectivity index (χ1n) is 13.8. The quantitative estimate of drug-likeness (QED) is 0.133. The molecule has 4 aromatic carbocycles. The molecule has 0 saturated carbocycles. The number of anilines is 1. The fourth-order valence-electron chi connectivity index (χ4n) is 4.76. The van der Waals surface area contributed by atoms with Gasteiger partial charge in [0.15, 0.2) is 11.5 Å². The maximum absolute atomic E-state index is 13.4. The number of nitrogens with zero attached hydrogens (tertiary/aromatic N) is 1. The summed E-state index contributed by atoms with van der Waals surface area (Å²) in [4.78, 5) is 39.6. The van der Waals surface area contributed by atoms with Crippen molar-refractivity contribution in [2.75, 3.05) is 18.6 Å². The van der Waals surface area contributed by atoms with E-state index in [1.165, 1.54) is 13.2 Å². The number of nitrogens with one attached hydrogen (secondary N) is 1. The molecule has 4 amide bonds. The molecule has 0 spiro atoms. The van der Waals surface area contributed by atoms with Crippen LogP contribution >= 0.6 is 0 Å². The van der Waals surface area contributed by atoms with Crippen LogP contribution in [0, 0.1) is 6.92 Å². The molecular weight excluding hydrogens is 532 g/mol. The number of aryl methyl sites for hydroxylation is 1. The summed E-state index contributed by atoms with van der Waals surface area (Å²) < 4.78 is 17.4. The van der Waals surface area contributed by atoms with Gasteiger partial charge >= 0.3 is 6.03 Å². The van der Waals surface area contributed by atoms with Gasteiger partial charge in [-0.2, -0.15) is 0 Å². The molecule has 1 N–H and O–H groups in total. The Labute approximate surface area is 244 Å². The van der Waals surface area contributed by atoms with Crippen LogP contribution in [0.15, 0.2) is 84.4 Å². The maximum Gasteiger partial charge on any atom is 0.335 e. The van der Waals surface area contributed by atoms with E-state index >= 15 is 0 Å². The summed E-state index contributed by atoms with van der Waals surface area (Å²) in [5.74, 6) is 0.0940. The van der Waals surface area contributed by atoms with Crippen molar-refractivity contribution in [1.29, 1.82) is 0 Å². The first kappa shape index (κ1) is 28.4. The number of fused-ring (bicyclic) bond motifs is 1. The van der Waals surface area contributed by atoms with Crippen molar-refractivity contribution in [3.8, 4) is 17.2 Å². The average Bonchev–Trinajstić information content (AvgIpc) is 3.00. The number of rotatable bonds is 10. The van der Waals surface area contributed by atoms with Gasteiger partial charge in [-0.25, -0.2) is 9.69 Å². The molecule has 0 radical (unpaired) electrons. The minimum atomic E-state index is -0.813. The Morgan fingerprint density at radius 1 is 0.881 bits per heavy atom. The number of methoxy groups -OCH3 is 1. The predicted octanol–water partition coefficient (Wildman–Crippen LogP) is 6.58. The monoisotopic (exact) mass is 564 g/mol. The summed E-state index contributed by atoms with van der Waals surface area (Å²) in [5, 5.41) is 4.51. The summed E-state index contributed by atoms with van der Waals surface area (Å²) >= 11 is 0. The number of carbonyl (C=O) groups excluding carboxylic acids is 3. The zero-order valence-electron chi connectivity index (χ0n) is 23.8. The van der Waals surface area contributed by atoms with Crippen molar-refractivity contribution >= 4 is 40.4 Å². The fraction of sp³-hybridized carbons (Fsp3) is 0.206. The van der Waals surface area contributed by atoms with Gasteiger partial charge in [-0.1, -0.05) is 55.8 Å². The topological polar surface area (TPSA) is 94.2 Å². The highest BCUT2D eigenvalue weighted by molar-refractivity contribution is 6.39. The van der Waals surface area contributed by atoms with Gasteiger partial charge in [0.1, 0.15) is 17.9 Å². The van der Waals surface area contributed by atoms with Crippen LogP contribution in [0.4, 0.5) is 10.5 Å². The molecule has 1 aliphatic rings. The van der Waals surface area contributed by atoms with Crippen LogP contribution in [0.5, 0.6) is 17.2 Å². The van der Waals surface area contributed by atoms with E-state index in [4.69, 9.17) is 14.2 Å². The molecule has 1 saturated heterocycles. The predicted molar refractivity (Wildman–Crippen MR) is 162 cm³/mol. The Hall–Kier alpha value is -5.11. The fourth-order valence-corrected chi connectivity index (χ4v) is 4.76. The second-order valence-corrected chi connectivity index (χ2v) is 9.93. The Morgan fingerprint density at radius 2 is 1.67 bits per heavy atom. The average molecular weight is 565 g/mol. The molecule has 1 fully saturated rings. The van der Waals surface area contributed by atoms with E-state index in [0.717, 1.165) is 39.6 Å². The third-order valence-electron chi connectivity index (χ3n) is 7.11. The second-order valence-electron chi connectivity index (χ2n) is 9.93. The highest BCUT2D eigenvalue weighted by Crippen LogP contribution is 2.32. The van der Waals surface area contributed by atoms with E-state index in [1.54, 1.807) is 42.5 Å². The molecule has 0 bridgehead atoms. The van der Waals surface area contributed by atoms with E-state index in [2.05, 4.69) is 36.5 Å². The number of unbranched alkanes of at least 4 members (excludes halogenated alkanes) is 1. The molecule has 214 valence electrons. The van der Waals surface area contributed by atoms with Crippen molar-refractivity contribution in [2.24, 2.45) is 0 Å². The molecule has 0 aromatic heterocycles. The zero-order chi connectivity index (χ0) is 29.6. The van der Waals surface area contributed by atoms with E-state index in [1.807, 2.05) is 19.1 Å². The molecule has 1 aliphatic heterocycles. The van der Waals surface area contributed by atoms with E-state index in [9.17, 15) is 14.4 Å². The maximum atomic E-state index is 13.4. The number of amides is 4. The first-order valence-corrected chi connectivity index (χ1v) is 13.8. The van der Waals surface area contributed by atoms with Crippen LogP contribution < -0.4 is 24.4 Å².